The molecule has 0 radical (unpaired) electrons. The van der Waals surface area contributed by atoms with E-state index in [0.717, 1.165) is 16.5 Å². The molecule has 0 fully saturated rings. The van der Waals surface area contributed by atoms with Gasteiger partial charge < -0.3 is 9.42 Å². The minimum atomic E-state index is -2.91. The van der Waals surface area contributed by atoms with Gasteiger partial charge in [-0.2, -0.15) is 4.76 Å². The van der Waals surface area contributed by atoms with Crippen LogP contribution in [0.4, 0.5) is 0 Å². The summed E-state index contributed by atoms with van der Waals surface area (Å²) in [5.41, 5.74) is 0. The number of thioether (sulfide) groups is 1. The van der Waals surface area contributed by atoms with Gasteiger partial charge in [-0.25, -0.2) is 0 Å². The summed E-state index contributed by atoms with van der Waals surface area (Å²) in [5.74, 6) is 0. The van der Waals surface area contributed by atoms with Crippen molar-refractivity contribution in [3.05, 3.63) is 0 Å². The first-order chi connectivity index (χ1) is 6.84. The summed E-state index contributed by atoms with van der Waals surface area (Å²) in [6, 6.07) is 0. The highest BCUT2D eigenvalue weighted by molar-refractivity contribution is 8.56. The van der Waals surface area contributed by atoms with Crippen molar-refractivity contribution >= 4 is 35.0 Å². The molecule has 1 unspecified atom stereocenters. The lowest BCUT2D eigenvalue weighted by atomic mass is 10.6. The van der Waals surface area contributed by atoms with Crippen LogP contribution in [-0.4, -0.2) is 42.8 Å². The second-order valence-corrected chi connectivity index (χ2v) is 9.17. The molecule has 0 heterocycles. The Labute approximate surface area is 100 Å². The van der Waals surface area contributed by atoms with E-state index in [1.807, 2.05) is 19.0 Å². The minimum absolute atomic E-state index is 0.401. The highest BCUT2D eigenvalue weighted by Crippen LogP contribution is 2.59. The van der Waals surface area contributed by atoms with E-state index < -0.39 is 6.72 Å². The van der Waals surface area contributed by atoms with Crippen molar-refractivity contribution in [2.75, 3.05) is 27.5 Å². The summed E-state index contributed by atoms with van der Waals surface area (Å²) < 4.78 is 21.1. The Morgan fingerprint density at radius 1 is 1.47 bits per heavy atom. The highest BCUT2D eigenvalue weighted by Gasteiger charge is 2.21. The lowest BCUT2D eigenvalue weighted by Crippen LogP contribution is -2.20. The first-order valence-corrected chi connectivity index (χ1v) is 8.79. The zero-order chi connectivity index (χ0) is 12.1. The van der Waals surface area contributed by atoms with Gasteiger partial charge in [0.2, 0.25) is 0 Å². The number of hydrogen-bond acceptors (Lipinski definition) is 4. The van der Waals surface area contributed by atoms with Crippen LogP contribution in [0.1, 0.15) is 13.8 Å². The Morgan fingerprint density at radius 3 is 2.27 bits per heavy atom. The lowest BCUT2D eigenvalue weighted by Gasteiger charge is -2.18. The maximum atomic E-state index is 12.0. The summed E-state index contributed by atoms with van der Waals surface area (Å²) in [4.78, 5) is 1.85. The standard InChI is InChI=1S/C8H19N2O2PS2/c1-7(2)15-8(10(3)4)9-13(11,12-5)14-6/h7H,1-6H3. The van der Waals surface area contributed by atoms with Gasteiger partial charge in [-0.1, -0.05) is 25.6 Å². The first-order valence-electron chi connectivity index (χ1n) is 4.50. The van der Waals surface area contributed by atoms with Gasteiger partial charge in [0.25, 0.3) is 0 Å². The van der Waals surface area contributed by atoms with Crippen LogP contribution >= 0.6 is 29.9 Å². The Hall–Kier alpha value is 0.360. The molecule has 0 aromatic heterocycles. The van der Waals surface area contributed by atoms with E-state index in [-0.39, 0.29) is 0 Å². The number of nitrogens with zero attached hydrogens (tertiary/aromatic N) is 2. The topological polar surface area (TPSA) is 41.9 Å². The molecule has 0 N–H and O–H groups in total. The zero-order valence-corrected chi connectivity index (χ0v) is 12.6. The highest BCUT2D eigenvalue weighted by atomic mass is 32.7. The SMILES string of the molecule is COP(=O)(N=C(SC(C)C)N(C)C)SC. The quantitative estimate of drug-likeness (QED) is 0.446. The van der Waals surface area contributed by atoms with Gasteiger partial charge in [0.1, 0.15) is 0 Å². The molecule has 90 valence electrons. The molecule has 0 rings (SSSR count). The average molecular weight is 270 g/mol. The van der Waals surface area contributed by atoms with Gasteiger partial charge in [-0.15, -0.1) is 0 Å². The smallest absolute Gasteiger partial charge is 0.357 e. The Morgan fingerprint density at radius 2 is 2.00 bits per heavy atom. The van der Waals surface area contributed by atoms with Crippen LogP contribution in [0.15, 0.2) is 4.76 Å². The molecule has 7 heteroatoms. The third-order valence-electron chi connectivity index (χ3n) is 1.39. The van der Waals surface area contributed by atoms with Crippen molar-refractivity contribution < 1.29 is 9.09 Å². The van der Waals surface area contributed by atoms with Gasteiger partial charge in [0.15, 0.2) is 5.17 Å². The molecule has 0 spiro atoms. The summed E-state index contributed by atoms with van der Waals surface area (Å²) in [7, 11) is 5.19. The molecule has 0 aliphatic carbocycles. The van der Waals surface area contributed by atoms with Crippen molar-refractivity contribution in [2.24, 2.45) is 4.76 Å². The van der Waals surface area contributed by atoms with Crippen LogP contribution in [0, 0.1) is 0 Å². The predicted molar refractivity (Wildman–Crippen MR) is 72.0 cm³/mol. The van der Waals surface area contributed by atoms with Crippen LogP contribution in [0.25, 0.3) is 0 Å². The molecule has 0 amide bonds. The van der Waals surface area contributed by atoms with Crippen molar-refractivity contribution in [3.63, 3.8) is 0 Å². The monoisotopic (exact) mass is 270 g/mol. The van der Waals surface area contributed by atoms with Gasteiger partial charge in [0, 0.05) is 26.5 Å². The van der Waals surface area contributed by atoms with Crippen molar-refractivity contribution in [1.29, 1.82) is 0 Å². The maximum Gasteiger partial charge on any atom is 0.373 e. The van der Waals surface area contributed by atoms with Gasteiger partial charge in [0.05, 0.1) is 0 Å². The summed E-state index contributed by atoms with van der Waals surface area (Å²) in [6.45, 7) is 1.23. The molecule has 0 saturated carbocycles. The largest absolute Gasteiger partial charge is 0.373 e. The normalized spacial score (nSPS) is 16.6. The summed E-state index contributed by atoms with van der Waals surface area (Å²) in [6.07, 6.45) is 1.74. The fourth-order valence-corrected chi connectivity index (χ4v) is 3.61. The summed E-state index contributed by atoms with van der Waals surface area (Å²) in [5, 5.41) is 1.14. The van der Waals surface area contributed by atoms with Crippen LogP contribution in [0.2, 0.25) is 0 Å². The van der Waals surface area contributed by atoms with Crippen molar-refractivity contribution in [2.45, 2.75) is 19.1 Å². The molecule has 0 aliphatic rings. The van der Waals surface area contributed by atoms with Crippen LogP contribution in [0.5, 0.6) is 0 Å². The lowest BCUT2D eigenvalue weighted by molar-refractivity contribution is 0.410. The molecular weight excluding hydrogens is 251 g/mol. The van der Waals surface area contributed by atoms with Crippen molar-refractivity contribution in [3.8, 4) is 0 Å². The molecular formula is C8H19N2O2PS2. The second kappa shape index (κ2) is 6.84. The molecule has 0 aliphatic heterocycles. The predicted octanol–water partition coefficient (Wildman–Crippen LogP) is 3.16. The second-order valence-electron chi connectivity index (χ2n) is 3.28. The number of hydrogen-bond donors (Lipinski definition) is 0. The fourth-order valence-electron chi connectivity index (χ4n) is 0.690. The van der Waals surface area contributed by atoms with E-state index >= 15 is 0 Å². The average Bonchev–Trinajstić information content (AvgIpc) is 2.16. The van der Waals surface area contributed by atoms with Crippen LogP contribution < -0.4 is 0 Å². The van der Waals surface area contributed by atoms with E-state index in [0.29, 0.717) is 5.25 Å². The van der Waals surface area contributed by atoms with Gasteiger partial charge in [-0.05, 0) is 17.6 Å². The van der Waals surface area contributed by atoms with E-state index in [4.69, 9.17) is 4.52 Å². The van der Waals surface area contributed by atoms with Crippen LogP contribution in [0.3, 0.4) is 0 Å². The molecule has 1 atom stereocenters. The minimum Gasteiger partial charge on any atom is -0.357 e. The molecule has 4 nitrogen and oxygen atoms in total. The first kappa shape index (κ1) is 15.4. The summed E-state index contributed by atoms with van der Waals surface area (Å²) >= 11 is 2.73. The number of rotatable bonds is 4. The van der Waals surface area contributed by atoms with Gasteiger partial charge in [-0.3, -0.25) is 4.57 Å². The van der Waals surface area contributed by atoms with E-state index in [1.54, 1.807) is 18.0 Å². The number of amidine groups is 1. The Kier molecular flexibility index (Phi) is 7.00. The Bertz CT molecular complexity index is 261. The van der Waals surface area contributed by atoms with E-state index in [2.05, 4.69) is 18.6 Å². The third kappa shape index (κ3) is 5.85. The third-order valence-corrected chi connectivity index (χ3v) is 6.10. The van der Waals surface area contributed by atoms with E-state index in [1.165, 1.54) is 7.11 Å². The molecule has 15 heavy (non-hydrogen) atoms. The molecule has 0 saturated heterocycles. The van der Waals surface area contributed by atoms with Crippen molar-refractivity contribution in [1.82, 2.24) is 4.90 Å². The molecule has 0 aromatic carbocycles. The molecule has 0 bridgehead atoms. The zero-order valence-electron chi connectivity index (χ0n) is 10.1. The maximum absolute atomic E-state index is 12.0. The Balaban J connectivity index is 4.89. The van der Waals surface area contributed by atoms with E-state index in [9.17, 15) is 4.57 Å². The molecule has 0 aromatic rings. The van der Waals surface area contributed by atoms with Gasteiger partial charge >= 0.3 is 6.72 Å². The fraction of sp³-hybridized carbons (Fsp3) is 0.875. The van der Waals surface area contributed by atoms with Crippen LogP contribution in [-0.2, 0) is 9.09 Å².